The van der Waals surface area contributed by atoms with Crippen LogP contribution in [0.25, 0.3) is 11.1 Å². The Hall–Kier alpha value is -2.59. The van der Waals surface area contributed by atoms with Gasteiger partial charge in [-0.05, 0) is 24.6 Å². The third-order valence-corrected chi connectivity index (χ3v) is 4.46. The third-order valence-electron chi connectivity index (χ3n) is 4.06. The monoisotopic (exact) mass is 310 g/mol. The number of carbonyl (C=O) groups is 2. The van der Waals surface area contributed by atoms with Crippen molar-refractivity contribution in [2.24, 2.45) is 0 Å². The van der Waals surface area contributed by atoms with E-state index in [2.05, 4.69) is 10.6 Å². The van der Waals surface area contributed by atoms with Gasteiger partial charge in [0, 0.05) is 21.8 Å². The molecule has 2 aliphatic rings. The summed E-state index contributed by atoms with van der Waals surface area (Å²) in [5.74, 6) is -0.533. The van der Waals surface area contributed by atoms with Crippen molar-refractivity contribution >= 4 is 45.9 Å². The Kier molecular flexibility index (Phi) is 2.65. The summed E-state index contributed by atoms with van der Waals surface area (Å²) in [5, 5.41) is 6.21. The fraction of sp³-hybridized carbons (Fsp3) is 0.0588. The average molecular weight is 311 g/mol. The lowest BCUT2D eigenvalue weighted by Gasteiger charge is -2.05. The van der Waals surface area contributed by atoms with Gasteiger partial charge in [0.1, 0.15) is 0 Å². The summed E-state index contributed by atoms with van der Waals surface area (Å²) in [6, 6.07) is 10.9. The van der Waals surface area contributed by atoms with Crippen LogP contribution in [0.1, 0.15) is 16.7 Å². The first-order chi connectivity index (χ1) is 10.6. The lowest BCUT2D eigenvalue weighted by molar-refractivity contribution is -0.112. The summed E-state index contributed by atoms with van der Waals surface area (Å²) >= 11 is 6.11. The molecule has 0 atom stereocenters. The highest BCUT2D eigenvalue weighted by molar-refractivity contribution is 6.49. The molecule has 108 valence electrons. The molecule has 0 spiro atoms. The molecule has 0 aliphatic carbocycles. The summed E-state index contributed by atoms with van der Waals surface area (Å²) in [5.41, 5.74) is 4.48. The van der Waals surface area contributed by atoms with Gasteiger partial charge in [-0.15, -0.1) is 0 Å². The van der Waals surface area contributed by atoms with E-state index in [-0.39, 0.29) is 11.8 Å². The van der Waals surface area contributed by atoms with Crippen LogP contribution in [0, 0.1) is 6.92 Å². The van der Waals surface area contributed by atoms with E-state index in [1.54, 1.807) is 12.1 Å². The van der Waals surface area contributed by atoms with Crippen molar-refractivity contribution in [2.45, 2.75) is 6.92 Å². The molecule has 2 heterocycles. The van der Waals surface area contributed by atoms with Gasteiger partial charge in [-0.1, -0.05) is 35.9 Å². The first-order valence-electron chi connectivity index (χ1n) is 6.84. The highest BCUT2D eigenvalue weighted by atomic mass is 35.5. The van der Waals surface area contributed by atoms with Crippen LogP contribution in [0.3, 0.4) is 0 Å². The van der Waals surface area contributed by atoms with Crippen LogP contribution in [0.5, 0.6) is 0 Å². The van der Waals surface area contributed by atoms with Gasteiger partial charge in [-0.2, -0.15) is 0 Å². The third kappa shape index (κ3) is 1.64. The largest absolute Gasteiger partial charge is 0.321 e. The summed E-state index contributed by atoms with van der Waals surface area (Å²) in [6.45, 7) is 1.84. The van der Waals surface area contributed by atoms with Gasteiger partial charge in [-0.3, -0.25) is 9.59 Å². The second-order valence-electron chi connectivity index (χ2n) is 5.30. The predicted octanol–water partition coefficient (Wildman–Crippen LogP) is 3.46. The van der Waals surface area contributed by atoms with Crippen molar-refractivity contribution < 1.29 is 9.59 Å². The molecule has 4 rings (SSSR count). The molecule has 4 nitrogen and oxygen atoms in total. The van der Waals surface area contributed by atoms with Crippen LogP contribution in [-0.4, -0.2) is 11.8 Å². The Labute approximate surface area is 131 Å². The minimum Gasteiger partial charge on any atom is -0.321 e. The molecule has 0 saturated carbocycles. The highest BCUT2D eigenvalue weighted by Gasteiger charge is 2.35. The van der Waals surface area contributed by atoms with Crippen LogP contribution in [0.2, 0.25) is 5.02 Å². The van der Waals surface area contributed by atoms with Crippen molar-refractivity contribution in [3.05, 3.63) is 58.1 Å². The SMILES string of the molecule is Cc1c(Cl)ccc2c1NC(=O)C2=C1C(=O)Nc2ccccc21. The molecule has 0 bridgehead atoms. The lowest BCUT2D eigenvalue weighted by atomic mass is 9.95. The Bertz CT molecular complexity index is 900. The normalized spacial score (nSPS) is 18.8. The van der Waals surface area contributed by atoms with Gasteiger partial charge in [0.15, 0.2) is 0 Å². The number of hydrogen-bond donors (Lipinski definition) is 2. The number of nitrogens with one attached hydrogen (secondary N) is 2. The number of benzene rings is 2. The topological polar surface area (TPSA) is 58.2 Å². The van der Waals surface area contributed by atoms with Crippen LogP contribution in [-0.2, 0) is 9.59 Å². The minimum absolute atomic E-state index is 0.258. The van der Waals surface area contributed by atoms with Gasteiger partial charge in [-0.25, -0.2) is 0 Å². The van der Waals surface area contributed by atoms with Crippen LogP contribution in [0.15, 0.2) is 36.4 Å². The van der Waals surface area contributed by atoms with Crippen LogP contribution >= 0.6 is 11.6 Å². The number of hydrogen-bond acceptors (Lipinski definition) is 2. The molecule has 2 N–H and O–H groups in total. The summed E-state index contributed by atoms with van der Waals surface area (Å²) < 4.78 is 0. The molecule has 2 aromatic rings. The van der Waals surface area contributed by atoms with E-state index in [1.165, 1.54) is 0 Å². The number of carbonyl (C=O) groups excluding carboxylic acids is 2. The first-order valence-corrected chi connectivity index (χ1v) is 7.21. The molecule has 0 saturated heterocycles. The fourth-order valence-electron chi connectivity index (χ4n) is 2.97. The standard InChI is InChI=1S/C17H11ClN2O2/c1-8-11(18)7-6-10-14(17(22)20-15(8)10)13-9-4-2-3-5-12(9)19-16(13)21/h2-7H,1H3,(H,19,21)(H,20,22). The van der Waals surface area contributed by atoms with E-state index in [0.717, 1.165) is 16.8 Å². The van der Waals surface area contributed by atoms with Crippen molar-refractivity contribution in [1.29, 1.82) is 0 Å². The molecule has 0 fully saturated rings. The van der Waals surface area contributed by atoms with E-state index < -0.39 is 0 Å². The average Bonchev–Trinajstić information content (AvgIpc) is 2.99. The quantitative estimate of drug-likeness (QED) is 0.732. The van der Waals surface area contributed by atoms with Gasteiger partial charge in [0.25, 0.3) is 11.8 Å². The van der Waals surface area contributed by atoms with Crippen LogP contribution in [0.4, 0.5) is 11.4 Å². The maximum atomic E-state index is 12.4. The molecule has 2 aliphatic heterocycles. The molecular formula is C17H11ClN2O2. The van der Waals surface area contributed by atoms with E-state index >= 15 is 0 Å². The lowest BCUT2D eigenvalue weighted by Crippen LogP contribution is -2.10. The molecule has 0 unspecified atom stereocenters. The zero-order valence-corrected chi connectivity index (χ0v) is 12.4. The van der Waals surface area contributed by atoms with Gasteiger partial charge in [0.05, 0.1) is 16.8 Å². The Morgan fingerprint density at radius 2 is 1.55 bits per heavy atom. The number of amides is 2. The maximum Gasteiger partial charge on any atom is 0.257 e. The summed E-state index contributed by atoms with van der Waals surface area (Å²) in [6.07, 6.45) is 0. The summed E-state index contributed by atoms with van der Waals surface area (Å²) in [4.78, 5) is 24.8. The Balaban J connectivity index is 2.04. The number of halogens is 1. The number of anilines is 2. The number of para-hydroxylation sites is 1. The zero-order chi connectivity index (χ0) is 15.4. The van der Waals surface area contributed by atoms with E-state index in [9.17, 15) is 9.59 Å². The molecule has 0 radical (unpaired) electrons. The smallest absolute Gasteiger partial charge is 0.257 e. The minimum atomic E-state index is -0.276. The van der Waals surface area contributed by atoms with Crippen molar-refractivity contribution in [1.82, 2.24) is 0 Å². The van der Waals surface area contributed by atoms with Crippen molar-refractivity contribution in [3.63, 3.8) is 0 Å². The predicted molar refractivity (Wildman–Crippen MR) is 86.7 cm³/mol. The van der Waals surface area contributed by atoms with E-state index in [0.29, 0.717) is 27.4 Å². The van der Waals surface area contributed by atoms with Gasteiger partial charge in [0.2, 0.25) is 0 Å². The van der Waals surface area contributed by atoms with Crippen LogP contribution < -0.4 is 10.6 Å². The fourth-order valence-corrected chi connectivity index (χ4v) is 3.13. The second-order valence-corrected chi connectivity index (χ2v) is 5.71. The number of rotatable bonds is 0. The molecule has 5 heteroatoms. The first kappa shape index (κ1) is 13.1. The van der Waals surface area contributed by atoms with E-state index in [4.69, 9.17) is 11.6 Å². The van der Waals surface area contributed by atoms with E-state index in [1.807, 2.05) is 31.2 Å². The zero-order valence-electron chi connectivity index (χ0n) is 11.7. The Morgan fingerprint density at radius 3 is 2.36 bits per heavy atom. The van der Waals surface area contributed by atoms with Gasteiger partial charge < -0.3 is 10.6 Å². The molecule has 22 heavy (non-hydrogen) atoms. The van der Waals surface area contributed by atoms with Gasteiger partial charge >= 0.3 is 0 Å². The molecule has 0 aromatic heterocycles. The second kappa shape index (κ2) is 4.45. The Morgan fingerprint density at radius 1 is 0.864 bits per heavy atom. The van der Waals surface area contributed by atoms with Crippen molar-refractivity contribution in [2.75, 3.05) is 10.6 Å². The van der Waals surface area contributed by atoms with Crippen molar-refractivity contribution in [3.8, 4) is 0 Å². The molecule has 2 amide bonds. The molecule has 2 aromatic carbocycles. The molecular weight excluding hydrogens is 300 g/mol. The number of fused-ring (bicyclic) bond motifs is 2. The highest BCUT2D eigenvalue weighted by Crippen LogP contribution is 2.44. The maximum absolute atomic E-state index is 12.4. The summed E-state index contributed by atoms with van der Waals surface area (Å²) in [7, 11) is 0.